The summed E-state index contributed by atoms with van der Waals surface area (Å²) in [6.45, 7) is 1.85. The molecule has 0 spiro atoms. The molecule has 1 heterocycles. The SMILES string of the molecule is Cc1nc(Nc2ccc(NC(=O)Nc3cccc(Cl)c3)cc2)cc(N(C)C)n1. The van der Waals surface area contributed by atoms with Crippen molar-refractivity contribution in [2.75, 3.05) is 34.9 Å². The summed E-state index contributed by atoms with van der Waals surface area (Å²) in [5.74, 6) is 2.21. The largest absolute Gasteiger partial charge is 0.363 e. The van der Waals surface area contributed by atoms with E-state index in [4.69, 9.17) is 11.6 Å². The average molecular weight is 397 g/mol. The molecule has 2 amide bonds. The van der Waals surface area contributed by atoms with Gasteiger partial charge in [-0.2, -0.15) is 0 Å². The number of urea groups is 1. The zero-order valence-corrected chi connectivity index (χ0v) is 16.6. The van der Waals surface area contributed by atoms with Gasteiger partial charge in [-0.3, -0.25) is 0 Å². The highest BCUT2D eigenvalue weighted by molar-refractivity contribution is 6.30. The molecule has 0 atom stereocenters. The Morgan fingerprint density at radius 3 is 2.29 bits per heavy atom. The quantitative estimate of drug-likeness (QED) is 0.571. The van der Waals surface area contributed by atoms with Crippen molar-refractivity contribution in [2.24, 2.45) is 0 Å². The second-order valence-corrected chi connectivity index (χ2v) is 6.78. The molecule has 0 fully saturated rings. The Morgan fingerprint density at radius 1 is 0.929 bits per heavy atom. The van der Waals surface area contributed by atoms with Crippen LogP contribution in [-0.4, -0.2) is 30.1 Å². The molecule has 3 rings (SSSR count). The summed E-state index contributed by atoms with van der Waals surface area (Å²) >= 11 is 5.92. The lowest BCUT2D eigenvalue weighted by Crippen LogP contribution is -2.19. The van der Waals surface area contributed by atoms with Crippen molar-refractivity contribution >= 4 is 46.3 Å². The predicted octanol–water partition coefficient (Wildman–Crippen LogP) is 4.89. The van der Waals surface area contributed by atoms with Crippen molar-refractivity contribution in [3.63, 3.8) is 0 Å². The lowest BCUT2D eigenvalue weighted by molar-refractivity contribution is 0.262. The summed E-state index contributed by atoms with van der Waals surface area (Å²) in [5.41, 5.74) is 2.14. The van der Waals surface area contributed by atoms with E-state index in [-0.39, 0.29) is 6.03 Å². The minimum atomic E-state index is -0.343. The van der Waals surface area contributed by atoms with Gasteiger partial charge in [-0.1, -0.05) is 17.7 Å². The molecule has 0 bridgehead atoms. The van der Waals surface area contributed by atoms with Gasteiger partial charge in [0.25, 0.3) is 0 Å². The van der Waals surface area contributed by atoms with Crippen molar-refractivity contribution in [1.82, 2.24) is 9.97 Å². The minimum absolute atomic E-state index is 0.343. The average Bonchev–Trinajstić information content (AvgIpc) is 2.63. The highest BCUT2D eigenvalue weighted by Crippen LogP contribution is 2.21. The maximum atomic E-state index is 12.1. The van der Waals surface area contributed by atoms with Crippen molar-refractivity contribution in [1.29, 1.82) is 0 Å². The smallest absolute Gasteiger partial charge is 0.323 e. The van der Waals surface area contributed by atoms with Gasteiger partial charge < -0.3 is 20.9 Å². The molecular formula is C20H21ClN6O. The first-order chi connectivity index (χ1) is 13.4. The van der Waals surface area contributed by atoms with Crippen LogP contribution in [0.15, 0.2) is 54.6 Å². The van der Waals surface area contributed by atoms with E-state index < -0.39 is 0 Å². The Morgan fingerprint density at radius 2 is 1.61 bits per heavy atom. The second kappa shape index (κ2) is 8.58. The third kappa shape index (κ3) is 5.34. The van der Waals surface area contributed by atoms with Crippen molar-refractivity contribution < 1.29 is 4.79 Å². The number of rotatable bonds is 5. The van der Waals surface area contributed by atoms with E-state index in [1.807, 2.05) is 44.1 Å². The molecule has 1 aromatic heterocycles. The van der Waals surface area contributed by atoms with Crippen LogP contribution in [0, 0.1) is 6.92 Å². The van der Waals surface area contributed by atoms with Crippen molar-refractivity contribution in [2.45, 2.75) is 6.92 Å². The highest BCUT2D eigenvalue weighted by atomic mass is 35.5. The Bertz CT molecular complexity index is 975. The Kier molecular flexibility index (Phi) is 5.96. The third-order valence-corrected chi connectivity index (χ3v) is 4.02. The number of benzene rings is 2. The molecule has 8 heteroatoms. The van der Waals surface area contributed by atoms with E-state index in [1.165, 1.54) is 0 Å². The molecule has 7 nitrogen and oxygen atoms in total. The fourth-order valence-corrected chi connectivity index (χ4v) is 2.68. The Balaban J connectivity index is 1.63. The van der Waals surface area contributed by atoms with Crippen LogP contribution in [-0.2, 0) is 0 Å². The van der Waals surface area contributed by atoms with Gasteiger partial charge >= 0.3 is 6.03 Å². The van der Waals surface area contributed by atoms with Crippen LogP contribution in [0.25, 0.3) is 0 Å². The standard InChI is InChI=1S/C20H21ClN6O/c1-13-22-18(12-19(23-13)27(2)3)24-15-7-9-16(10-8-15)25-20(28)26-17-6-4-5-14(21)11-17/h4-12H,1-3H3,(H,22,23,24)(H2,25,26,28). The Labute approximate surface area is 168 Å². The number of hydrogen-bond donors (Lipinski definition) is 3. The van der Waals surface area contributed by atoms with Gasteiger partial charge in [-0.05, 0) is 49.4 Å². The zero-order chi connectivity index (χ0) is 20.1. The molecule has 0 aliphatic rings. The summed E-state index contributed by atoms with van der Waals surface area (Å²) in [5, 5.41) is 9.32. The fourth-order valence-electron chi connectivity index (χ4n) is 2.49. The number of amides is 2. The number of aromatic nitrogens is 2. The molecule has 3 aromatic rings. The molecule has 3 N–H and O–H groups in total. The first-order valence-electron chi connectivity index (χ1n) is 8.63. The molecule has 0 unspecified atom stereocenters. The molecule has 2 aromatic carbocycles. The minimum Gasteiger partial charge on any atom is -0.363 e. The van der Waals surface area contributed by atoms with E-state index in [0.717, 1.165) is 11.5 Å². The molecule has 28 heavy (non-hydrogen) atoms. The van der Waals surface area contributed by atoms with Crippen LogP contribution >= 0.6 is 11.6 Å². The summed E-state index contributed by atoms with van der Waals surface area (Å²) in [6.07, 6.45) is 0. The van der Waals surface area contributed by atoms with Gasteiger partial charge in [0.05, 0.1) is 0 Å². The number of aryl methyl sites for hydroxylation is 1. The third-order valence-electron chi connectivity index (χ3n) is 3.78. The topological polar surface area (TPSA) is 82.2 Å². The van der Waals surface area contributed by atoms with Gasteiger partial charge in [0.2, 0.25) is 0 Å². The lowest BCUT2D eigenvalue weighted by atomic mass is 10.2. The van der Waals surface area contributed by atoms with Gasteiger partial charge in [0, 0.05) is 42.2 Å². The van der Waals surface area contributed by atoms with E-state index in [9.17, 15) is 4.79 Å². The molecule has 0 saturated heterocycles. The number of hydrogen-bond acceptors (Lipinski definition) is 5. The predicted molar refractivity (Wildman–Crippen MR) is 115 cm³/mol. The molecule has 0 radical (unpaired) electrons. The second-order valence-electron chi connectivity index (χ2n) is 6.34. The maximum Gasteiger partial charge on any atom is 0.323 e. The highest BCUT2D eigenvalue weighted by Gasteiger charge is 2.06. The molecule has 0 aliphatic carbocycles. The molecule has 144 valence electrons. The number of anilines is 5. The van der Waals surface area contributed by atoms with Crippen LogP contribution in [0.3, 0.4) is 0 Å². The van der Waals surface area contributed by atoms with Crippen molar-refractivity contribution in [3.8, 4) is 0 Å². The number of carbonyl (C=O) groups is 1. The zero-order valence-electron chi connectivity index (χ0n) is 15.8. The first kappa shape index (κ1) is 19.4. The van der Waals surface area contributed by atoms with Crippen LogP contribution < -0.4 is 20.9 Å². The number of carbonyl (C=O) groups excluding carboxylic acids is 1. The van der Waals surface area contributed by atoms with Crippen LogP contribution in [0.1, 0.15) is 5.82 Å². The van der Waals surface area contributed by atoms with E-state index in [0.29, 0.717) is 28.0 Å². The Hall–Kier alpha value is -3.32. The molecule has 0 saturated carbocycles. The van der Waals surface area contributed by atoms with E-state index >= 15 is 0 Å². The van der Waals surface area contributed by atoms with Crippen LogP contribution in [0.4, 0.5) is 33.5 Å². The van der Waals surface area contributed by atoms with E-state index in [2.05, 4.69) is 25.9 Å². The summed E-state index contributed by atoms with van der Waals surface area (Å²) in [6, 6.07) is 15.8. The van der Waals surface area contributed by atoms with Crippen LogP contribution in [0.2, 0.25) is 5.02 Å². The van der Waals surface area contributed by atoms with E-state index in [1.54, 1.807) is 36.4 Å². The summed E-state index contributed by atoms with van der Waals surface area (Å²) in [7, 11) is 3.86. The maximum absolute atomic E-state index is 12.1. The number of halogens is 1. The molecular weight excluding hydrogens is 376 g/mol. The first-order valence-corrected chi connectivity index (χ1v) is 9.00. The van der Waals surface area contributed by atoms with Gasteiger partial charge in [-0.15, -0.1) is 0 Å². The molecule has 0 aliphatic heterocycles. The number of nitrogens with zero attached hydrogens (tertiary/aromatic N) is 3. The lowest BCUT2D eigenvalue weighted by Gasteiger charge is -2.14. The van der Waals surface area contributed by atoms with Crippen molar-refractivity contribution in [3.05, 3.63) is 65.4 Å². The summed E-state index contributed by atoms with van der Waals surface area (Å²) < 4.78 is 0. The van der Waals surface area contributed by atoms with Crippen LogP contribution in [0.5, 0.6) is 0 Å². The van der Waals surface area contributed by atoms with Gasteiger partial charge in [-0.25, -0.2) is 14.8 Å². The normalized spacial score (nSPS) is 10.3. The monoisotopic (exact) mass is 396 g/mol. The fraction of sp³-hybridized carbons (Fsp3) is 0.150. The number of nitrogens with one attached hydrogen (secondary N) is 3. The summed E-state index contributed by atoms with van der Waals surface area (Å²) in [4.78, 5) is 22.8. The van der Waals surface area contributed by atoms with Gasteiger partial charge in [0.1, 0.15) is 17.5 Å². The van der Waals surface area contributed by atoms with Gasteiger partial charge in [0.15, 0.2) is 0 Å².